The van der Waals surface area contributed by atoms with E-state index in [0.29, 0.717) is 5.92 Å². The van der Waals surface area contributed by atoms with E-state index in [1.54, 1.807) is 0 Å². The molecule has 0 aliphatic carbocycles. The summed E-state index contributed by atoms with van der Waals surface area (Å²) in [5.41, 5.74) is 7.72. The molecule has 2 rings (SSSR count). The van der Waals surface area contributed by atoms with Crippen molar-refractivity contribution in [3.63, 3.8) is 0 Å². The third-order valence-electron chi connectivity index (χ3n) is 3.50. The van der Waals surface area contributed by atoms with E-state index in [4.69, 9.17) is 11.1 Å². The fourth-order valence-corrected chi connectivity index (χ4v) is 2.63. The Balaban J connectivity index is 2.60. The van der Waals surface area contributed by atoms with Gasteiger partial charge in [0.15, 0.2) is 0 Å². The number of rotatable bonds is 5. The molecule has 0 fully saturated rings. The number of hydrogen-bond acceptors (Lipinski definition) is 2. The van der Waals surface area contributed by atoms with Crippen LogP contribution in [0.4, 0.5) is 5.69 Å². The zero-order valence-electron chi connectivity index (χ0n) is 12.5. The molecule has 106 valence electrons. The molecule has 0 radical (unpaired) electrons. The van der Waals surface area contributed by atoms with Crippen LogP contribution in [0.5, 0.6) is 0 Å². The summed E-state index contributed by atoms with van der Waals surface area (Å²) >= 11 is 0. The molecule has 0 spiro atoms. The second kappa shape index (κ2) is 5.95. The molecule has 0 atom stereocenters. The van der Waals surface area contributed by atoms with Crippen molar-refractivity contribution >= 4 is 22.3 Å². The van der Waals surface area contributed by atoms with Crippen molar-refractivity contribution in [3.05, 3.63) is 42.0 Å². The summed E-state index contributed by atoms with van der Waals surface area (Å²) in [7, 11) is 0. The first-order valence-corrected chi connectivity index (χ1v) is 7.15. The summed E-state index contributed by atoms with van der Waals surface area (Å²) in [5, 5.41) is 9.94. The first-order valence-electron chi connectivity index (χ1n) is 7.15. The number of benzene rings is 2. The molecule has 0 aliphatic rings. The van der Waals surface area contributed by atoms with Gasteiger partial charge in [0.2, 0.25) is 0 Å². The van der Waals surface area contributed by atoms with E-state index in [-0.39, 0.29) is 5.84 Å². The smallest absolute Gasteiger partial charge is 0.123 e. The van der Waals surface area contributed by atoms with Gasteiger partial charge in [0, 0.05) is 29.7 Å². The Morgan fingerprint density at radius 2 is 1.80 bits per heavy atom. The molecule has 0 saturated heterocycles. The van der Waals surface area contributed by atoms with Crippen LogP contribution in [0, 0.1) is 11.3 Å². The molecule has 20 heavy (non-hydrogen) atoms. The molecule has 3 N–H and O–H groups in total. The quantitative estimate of drug-likeness (QED) is 0.643. The number of anilines is 1. The van der Waals surface area contributed by atoms with Gasteiger partial charge in [0.1, 0.15) is 5.84 Å². The maximum absolute atomic E-state index is 7.72. The van der Waals surface area contributed by atoms with E-state index in [1.807, 2.05) is 24.3 Å². The van der Waals surface area contributed by atoms with Gasteiger partial charge < -0.3 is 10.6 Å². The number of nitrogen functional groups attached to an aromatic ring is 1. The van der Waals surface area contributed by atoms with Gasteiger partial charge in [-0.25, -0.2) is 0 Å². The van der Waals surface area contributed by atoms with Gasteiger partial charge in [-0.3, -0.25) is 5.41 Å². The van der Waals surface area contributed by atoms with E-state index >= 15 is 0 Å². The minimum atomic E-state index is 0.125. The molecular weight excluding hydrogens is 246 g/mol. The molecule has 0 aromatic heterocycles. The third-order valence-corrected chi connectivity index (χ3v) is 3.50. The number of hydrogen-bond donors (Lipinski definition) is 2. The molecular formula is C17H23N3. The van der Waals surface area contributed by atoms with Crippen LogP contribution in [-0.2, 0) is 0 Å². The largest absolute Gasteiger partial charge is 0.384 e. The molecule has 0 unspecified atom stereocenters. The van der Waals surface area contributed by atoms with Crippen LogP contribution in [0.15, 0.2) is 36.4 Å². The van der Waals surface area contributed by atoms with Crippen LogP contribution in [0.1, 0.15) is 26.3 Å². The normalized spacial score (nSPS) is 11.0. The number of nitrogens with two attached hydrogens (primary N) is 1. The second-order valence-electron chi connectivity index (χ2n) is 5.52. The lowest BCUT2D eigenvalue weighted by molar-refractivity contribution is 0.620. The van der Waals surface area contributed by atoms with Gasteiger partial charge >= 0.3 is 0 Å². The van der Waals surface area contributed by atoms with Crippen LogP contribution < -0.4 is 10.6 Å². The Bertz CT molecular complexity index is 617. The number of nitrogens with one attached hydrogen (secondary N) is 1. The molecule has 2 aromatic carbocycles. The predicted molar refractivity (Wildman–Crippen MR) is 87.7 cm³/mol. The Labute approximate surface area is 120 Å². The summed E-state index contributed by atoms with van der Waals surface area (Å²) < 4.78 is 0. The van der Waals surface area contributed by atoms with Crippen molar-refractivity contribution in [1.29, 1.82) is 5.41 Å². The van der Waals surface area contributed by atoms with Gasteiger partial charge in [-0.05, 0) is 30.4 Å². The maximum Gasteiger partial charge on any atom is 0.123 e. The highest BCUT2D eigenvalue weighted by Crippen LogP contribution is 2.29. The molecule has 3 heteroatoms. The van der Waals surface area contributed by atoms with Crippen molar-refractivity contribution in [1.82, 2.24) is 0 Å². The minimum absolute atomic E-state index is 0.125. The summed E-state index contributed by atoms with van der Waals surface area (Å²) in [6.45, 7) is 8.64. The number of amidine groups is 1. The van der Waals surface area contributed by atoms with Gasteiger partial charge in [0.05, 0.1) is 0 Å². The average Bonchev–Trinajstić information content (AvgIpc) is 2.43. The lowest BCUT2D eigenvalue weighted by atomic mass is 10.0. The Morgan fingerprint density at radius 3 is 2.35 bits per heavy atom. The fraction of sp³-hybridized carbons (Fsp3) is 0.353. The monoisotopic (exact) mass is 269 g/mol. The summed E-state index contributed by atoms with van der Waals surface area (Å²) in [5.74, 6) is 0.737. The highest BCUT2D eigenvalue weighted by atomic mass is 15.1. The molecule has 0 bridgehead atoms. The zero-order chi connectivity index (χ0) is 14.7. The molecule has 0 aliphatic heterocycles. The standard InChI is InChI=1S/C17H23N3/c1-4-20(11-12(2)3)16-10-9-15(17(18)19)13-7-5-6-8-14(13)16/h5-10,12H,4,11H2,1-3H3,(H3,18,19). The van der Waals surface area contributed by atoms with E-state index < -0.39 is 0 Å². The number of nitrogens with zero attached hydrogens (tertiary/aromatic N) is 1. The van der Waals surface area contributed by atoms with Crippen molar-refractivity contribution in [2.45, 2.75) is 20.8 Å². The Kier molecular flexibility index (Phi) is 4.28. The SMILES string of the molecule is CCN(CC(C)C)c1ccc(C(=N)N)c2ccccc12. The topological polar surface area (TPSA) is 53.1 Å². The average molecular weight is 269 g/mol. The Hall–Kier alpha value is -2.03. The highest BCUT2D eigenvalue weighted by molar-refractivity contribution is 6.10. The van der Waals surface area contributed by atoms with Crippen molar-refractivity contribution in [2.24, 2.45) is 11.7 Å². The van der Waals surface area contributed by atoms with Gasteiger partial charge in [-0.1, -0.05) is 38.1 Å². The molecule has 0 amide bonds. The van der Waals surface area contributed by atoms with Crippen LogP contribution in [-0.4, -0.2) is 18.9 Å². The van der Waals surface area contributed by atoms with E-state index in [2.05, 4.69) is 37.8 Å². The van der Waals surface area contributed by atoms with Crippen molar-refractivity contribution in [3.8, 4) is 0 Å². The molecule has 2 aromatic rings. The van der Waals surface area contributed by atoms with Crippen LogP contribution in [0.2, 0.25) is 0 Å². The predicted octanol–water partition coefficient (Wildman–Crippen LogP) is 3.61. The molecule has 3 nitrogen and oxygen atoms in total. The van der Waals surface area contributed by atoms with E-state index in [0.717, 1.165) is 24.0 Å². The van der Waals surface area contributed by atoms with E-state index in [1.165, 1.54) is 11.1 Å². The lowest BCUT2D eigenvalue weighted by Crippen LogP contribution is -2.27. The lowest BCUT2D eigenvalue weighted by Gasteiger charge is -2.27. The van der Waals surface area contributed by atoms with Crippen LogP contribution in [0.3, 0.4) is 0 Å². The van der Waals surface area contributed by atoms with Crippen LogP contribution >= 0.6 is 0 Å². The van der Waals surface area contributed by atoms with Crippen molar-refractivity contribution in [2.75, 3.05) is 18.0 Å². The first-order chi connectivity index (χ1) is 9.54. The van der Waals surface area contributed by atoms with Gasteiger partial charge in [-0.15, -0.1) is 0 Å². The molecule has 0 heterocycles. The van der Waals surface area contributed by atoms with Gasteiger partial charge in [0.25, 0.3) is 0 Å². The van der Waals surface area contributed by atoms with Crippen molar-refractivity contribution < 1.29 is 0 Å². The summed E-state index contributed by atoms with van der Waals surface area (Å²) in [6.07, 6.45) is 0. The number of fused-ring (bicyclic) bond motifs is 1. The zero-order valence-corrected chi connectivity index (χ0v) is 12.5. The highest BCUT2D eigenvalue weighted by Gasteiger charge is 2.13. The van der Waals surface area contributed by atoms with Gasteiger partial charge in [-0.2, -0.15) is 0 Å². The minimum Gasteiger partial charge on any atom is -0.384 e. The maximum atomic E-state index is 7.72. The fourth-order valence-electron chi connectivity index (χ4n) is 2.63. The molecule has 0 saturated carbocycles. The first kappa shape index (κ1) is 14.4. The summed E-state index contributed by atoms with van der Waals surface area (Å²) in [4.78, 5) is 2.39. The summed E-state index contributed by atoms with van der Waals surface area (Å²) in [6, 6.07) is 12.2. The third kappa shape index (κ3) is 2.77. The second-order valence-corrected chi connectivity index (χ2v) is 5.52. The van der Waals surface area contributed by atoms with Crippen LogP contribution in [0.25, 0.3) is 10.8 Å². The Morgan fingerprint density at radius 1 is 1.15 bits per heavy atom. The van der Waals surface area contributed by atoms with E-state index in [9.17, 15) is 0 Å².